The fourth-order valence-corrected chi connectivity index (χ4v) is 3.55. The van der Waals surface area contributed by atoms with Crippen LogP contribution in [0.5, 0.6) is 5.75 Å². The van der Waals surface area contributed by atoms with E-state index in [1.807, 2.05) is 6.07 Å². The number of nitrogens with zero attached hydrogens (tertiary/aromatic N) is 1. The molecule has 0 bridgehead atoms. The van der Waals surface area contributed by atoms with Gasteiger partial charge in [0.2, 0.25) is 0 Å². The number of methoxy groups -OCH3 is 1. The van der Waals surface area contributed by atoms with Gasteiger partial charge in [-0.3, -0.25) is 14.7 Å². The van der Waals surface area contributed by atoms with Crippen molar-refractivity contribution in [3.05, 3.63) is 77.7 Å². The molecule has 8 heteroatoms. The third kappa shape index (κ3) is 2.73. The third-order valence-corrected chi connectivity index (χ3v) is 5.01. The van der Waals surface area contributed by atoms with Gasteiger partial charge in [0.05, 0.1) is 12.7 Å². The van der Waals surface area contributed by atoms with Gasteiger partial charge >= 0.3 is 0 Å². The van der Waals surface area contributed by atoms with Gasteiger partial charge in [-0.25, -0.2) is 4.68 Å². The van der Waals surface area contributed by atoms with Crippen LogP contribution in [-0.4, -0.2) is 16.9 Å². The lowest BCUT2D eigenvalue weighted by molar-refractivity contribution is 0.410. The van der Waals surface area contributed by atoms with Gasteiger partial charge in [-0.05, 0) is 35.9 Å². The Balaban J connectivity index is 1.92. The minimum atomic E-state index is -0.393. The Morgan fingerprint density at radius 3 is 2.77 bits per heavy atom. The molecule has 0 fully saturated rings. The monoisotopic (exact) mass is 433 g/mol. The predicted molar refractivity (Wildman–Crippen MR) is 104 cm³/mol. The zero-order valence-electron chi connectivity index (χ0n) is 13.6. The molecule has 0 saturated heterocycles. The Morgan fingerprint density at radius 2 is 2.00 bits per heavy atom. The van der Waals surface area contributed by atoms with E-state index in [-0.39, 0.29) is 11.2 Å². The molecule has 2 N–H and O–H groups in total. The van der Waals surface area contributed by atoms with Crippen molar-refractivity contribution in [3.8, 4) is 11.4 Å². The van der Waals surface area contributed by atoms with Crippen LogP contribution in [0.2, 0.25) is 5.02 Å². The highest BCUT2D eigenvalue weighted by atomic mass is 79.9. The average molecular weight is 435 g/mol. The molecule has 3 aromatic rings. The lowest BCUT2D eigenvalue weighted by Crippen LogP contribution is -2.35. The molecule has 132 valence electrons. The standard InChI is InChI=1S/C18H13BrClN3O3/c1-26-15-7-10(19)3-5-14(15)23-18(25)12-6-9-2-4-11(20)8-13(9)21-16(12)17(24)22-23/h2-5,7-8,21H,6H2,1H3,(H,22,24). The van der Waals surface area contributed by atoms with Crippen molar-refractivity contribution in [2.75, 3.05) is 12.4 Å². The minimum absolute atomic E-state index is 0.247. The normalized spacial score (nSPS) is 12.1. The summed E-state index contributed by atoms with van der Waals surface area (Å²) in [7, 11) is 1.51. The van der Waals surface area contributed by atoms with Crippen molar-refractivity contribution in [1.82, 2.24) is 9.78 Å². The fraction of sp³-hybridized carbons (Fsp3) is 0.111. The molecule has 0 spiro atoms. The molecular formula is C18H13BrClN3O3. The van der Waals surface area contributed by atoms with Crippen molar-refractivity contribution in [1.29, 1.82) is 0 Å². The second-order valence-corrected chi connectivity index (χ2v) is 7.21. The first-order valence-electron chi connectivity index (χ1n) is 7.75. The summed E-state index contributed by atoms with van der Waals surface area (Å²) < 4.78 is 7.37. The fourth-order valence-electron chi connectivity index (χ4n) is 3.03. The molecule has 2 aromatic carbocycles. The number of benzene rings is 2. The summed E-state index contributed by atoms with van der Waals surface area (Å²) in [6, 6.07) is 10.6. The van der Waals surface area contributed by atoms with Crippen LogP contribution in [0, 0.1) is 0 Å². The highest BCUT2D eigenvalue weighted by Gasteiger charge is 2.23. The molecule has 1 aliphatic rings. The maximum absolute atomic E-state index is 13.1. The zero-order chi connectivity index (χ0) is 18.4. The lowest BCUT2D eigenvalue weighted by atomic mass is 9.99. The number of aromatic amines is 1. The molecule has 0 radical (unpaired) electrons. The largest absolute Gasteiger partial charge is 0.494 e. The van der Waals surface area contributed by atoms with Gasteiger partial charge in [0.25, 0.3) is 11.1 Å². The first-order valence-corrected chi connectivity index (χ1v) is 8.92. The van der Waals surface area contributed by atoms with Gasteiger partial charge < -0.3 is 10.1 Å². The summed E-state index contributed by atoms with van der Waals surface area (Å²) in [5, 5.41) is 6.20. The number of anilines is 2. The van der Waals surface area contributed by atoms with Gasteiger partial charge in [-0.15, -0.1) is 0 Å². The molecule has 26 heavy (non-hydrogen) atoms. The van der Waals surface area contributed by atoms with Crippen LogP contribution in [0.15, 0.2) is 50.5 Å². The summed E-state index contributed by atoms with van der Waals surface area (Å²) >= 11 is 9.38. The second-order valence-electron chi connectivity index (χ2n) is 5.85. The van der Waals surface area contributed by atoms with Crippen LogP contribution < -0.4 is 21.2 Å². The van der Waals surface area contributed by atoms with Gasteiger partial charge in [0.15, 0.2) is 0 Å². The molecule has 2 heterocycles. The number of ether oxygens (including phenoxy) is 1. The van der Waals surface area contributed by atoms with E-state index in [2.05, 4.69) is 26.3 Å². The topological polar surface area (TPSA) is 76.1 Å². The summed E-state index contributed by atoms with van der Waals surface area (Å²) in [6.07, 6.45) is 0.344. The summed E-state index contributed by atoms with van der Waals surface area (Å²) in [5.74, 6) is 0.466. The maximum atomic E-state index is 13.1. The molecule has 0 atom stereocenters. The van der Waals surface area contributed by atoms with Crippen molar-refractivity contribution in [3.63, 3.8) is 0 Å². The SMILES string of the molecule is COc1cc(Br)ccc1-n1[nH]c(=O)c2c(c1=O)Cc1ccc(Cl)cc1N2. The van der Waals surface area contributed by atoms with Crippen molar-refractivity contribution in [2.45, 2.75) is 6.42 Å². The quantitative estimate of drug-likeness (QED) is 0.505. The Hall–Kier alpha value is -2.51. The number of halogens is 2. The smallest absolute Gasteiger partial charge is 0.287 e. The van der Waals surface area contributed by atoms with Gasteiger partial charge in [0.1, 0.15) is 17.1 Å². The number of rotatable bonds is 2. The Morgan fingerprint density at radius 1 is 1.19 bits per heavy atom. The van der Waals surface area contributed by atoms with E-state index in [1.165, 1.54) is 11.8 Å². The number of hydrogen-bond acceptors (Lipinski definition) is 4. The van der Waals surface area contributed by atoms with Crippen molar-refractivity contribution >= 4 is 38.9 Å². The van der Waals surface area contributed by atoms with Crippen LogP contribution in [0.4, 0.5) is 11.4 Å². The Kier molecular flexibility index (Phi) is 4.13. The van der Waals surface area contributed by atoms with Crippen molar-refractivity contribution in [2.24, 2.45) is 0 Å². The molecule has 4 rings (SSSR count). The number of fused-ring (bicyclic) bond motifs is 2. The molecule has 0 saturated carbocycles. The van der Waals surface area contributed by atoms with Crippen LogP contribution in [0.25, 0.3) is 5.69 Å². The molecule has 6 nitrogen and oxygen atoms in total. The van der Waals surface area contributed by atoms with Gasteiger partial charge in [-0.1, -0.05) is 33.6 Å². The van der Waals surface area contributed by atoms with Crippen LogP contribution >= 0.6 is 27.5 Å². The number of H-pyrrole nitrogens is 1. The van der Waals surface area contributed by atoms with E-state index in [4.69, 9.17) is 16.3 Å². The molecule has 0 aliphatic carbocycles. The highest BCUT2D eigenvalue weighted by molar-refractivity contribution is 9.10. The van der Waals surface area contributed by atoms with Crippen LogP contribution in [0.1, 0.15) is 11.1 Å². The van der Waals surface area contributed by atoms with Crippen LogP contribution in [-0.2, 0) is 6.42 Å². The minimum Gasteiger partial charge on any atom is -0.494 e. The second kappa shape index (κ2) is 6.34. The first kappa shape index (κ1) is 16.9. The summed E-state index contributed by atoms with van der Waals surface area (Å²) in [5.41, 5.74) is 2.03. The van der Waals surface area contributed by atoms with Gasteiger partial charge in [-0.2, -0.15) is 0 Å². The van der Waals surface area contributed by atoms with Crippen molar-refractivity contribution < 1.29 is 4.74 Å². The number of nitrogens with one attached hydrogen (secondary N) is 2. The molecule has 1 aliphatic heterocycles. The number of aromatic nitrogens is 2. The summed E-state index contributed by atoms with van der Waals surface area (Å²) in [4.78, 5) is 25.7. The van der Waals surface area contributed by atoms with Crippen LogP contribution in [0.3, 0.4) is 0 Å². The lowest BCUT2D eigenvalue weighted by Gasteiger charge is -2.21. The van der Waals surface area contributed by atoms with Gasteiger partial charge in [0, 0.05) is 21.6 Å². The molecule has 0 amide bonds. The van der Waals surface area contributed by atoms with E-state index >= 15 is 0 Å². The molecular weight excluding hydrogens is 422 g/mol. The average Bonchev–Trinajstić information content (AvgIpc) is 2.63. The summed E-state index contributed by atoms with van der Waals surface area (Å²) in [6.45, 7) is 0. The molecule has 1 aromatic heterocycles. The predicted octanol–water partition coefficient (Wildman–Crippen LogP) is 3.60. The first-order chi connectivity index (χ1) is 12.5. The van der Waals surface area contributed by atoms with E-state index in [0.29, 0.717) is 28.4 Å². The Labute approximate surface area is 161 Å². The van der Waals surface area contributed by atoms with E-state index in [9.17, 15) is 9.59 Å². The molecule has 0 unspecified atom stereocenters. The highest BCUT2D eigenvalue weighted by Crippen LogP contribution is 2.31. The zero-order valence-corrected chi connectivity index (χ0v) is 15.9. The Bertz CT molecular complexity index is 1150. The maximum Gasteiger partial charge on any atom is 0.287 e. The van der Waals surface area contributed by atoms with E-state index in [0.717, 1.165) is 15.7 Å². The third-order valence-electron chi connectivity index (χ3n) is 4.28. The van der Waals surface area contributed by atoms with E-state index < -0.39 is 5.56 Å². The van der Waals surface area contributed by atoms with E-state index in [1.54, 1.807) is 30.3 Å². The number of hydrogen-bond donors (Lipinski definition) is 2.